The number of aromatic amines is 1. The number of hydrogen-bond acceptors (Lipinski definition) is 3. The van der Waals surface area contributed by atoms with E-state index in [4.69, 9.17) is 0 Å². The van der Waals surface area contributed by atoms with Crippen LogP contribution in [0.1, 0.15) is 36.7 Å². The first-order chi connectivity index (χ1) is 11.2. The number of halogens is 1. The van der Waals surface area contributed by atoms with Gasteiger partial charge in [-0.15, -0.1) is 0 Å². The quantitative estimate of drug-likeness (QED) is 0.890. The third-order valence-corrected chi connectivity index (χ3v) is 4.17. The van der Waals surface area contributed by atoms with Gasteiger partial charge in [-0.2, -0.15) is 0 Å². The minimum Gasteiger partial charge on any atom is -0.347 e. The van der Waals surface area contributed by atoms with Gasteiger partial charge in [0.05, 0.1) is 6.54 Å². The average molecular weight is 316 g/mol. The Morgan fingerprint density at radius 1 is 1.26 bits per heavy atom. The van der Waals surface area contributed by atoms with E-state index in [9.17, 15) is 9.18 Å². The van der Waals surface area contributed by atoms with E-state index in [-0.39, 0.29) is 17.8 Å². The van der Waals surface area contributed by atoms with Crippen molar-refractivity contribution in [3.05, 3.63) is 53.9 Å². The van der Waals surface area contributed by atoms with Crippen LogP contribution in [-0.4, -0.2) is 33.9 Å². The lowest BCUT2D eigenvalue weighted by Crippen LogP contribution is -2.42. The maximum atomic E-state index is 13.2. The minimum absolute atomic E-state index is 0.0742. The monoisotopic (exact) mass is 316 g/mol. The third kappa shape index (κ3) is 3.96. The molecule has 2 aromatic rings. The summed E-state index contributed by atoms with van der Waals surface area (Å²) in [6.07, 6.45) is 6.75. The van der Waals surface area contributed by atoms with Gasteiger partial charge >= 0.3 is 0 Å². The molecule has 1 aliphatic heterocycles. The molecule has 1 aromatic carbocycles. The van der Waals surface area contributed by atoms with Gasteiger partial charge in [0.15, 0.2) is 0 Å². The first-order valence-electron chi connectivity index (χ1n) is 7.99. The van der Waals surface area contributed by atoms with E-state index in [0.29, 0.717) is 6.54 Å². The van der Waals surface area contributed by atoms with Gasteiger partial charge in [-0.25, -0.2) is 9.37 Å². The number of imidazole rings is 1. The van der Waals surface area contributed by atoms with Gasteiger partial charge < -0.3 is 10.3 Å². The molecule has 1 fully saturated rings. The number of nitrogens with one attached hydrogen (secondary N) is 2. The van der Waals surface area contributed by atoms with E-state index in [1.807, 2.05) is 0 Å². The Labute approximate surface area is 134 Å². The summed E-state index contributed by atoms with van der Waals surface area (Å²) in [5.41, 5.74) is 0.824. The maximum absolute atomic E-state index is 13.2. The Hall–Kier alpha value is -2.21. The van der Waals surface area contributed by atoms with Crippen molar-refractivity contribution in [3.63, 3.8) is 0 Å². The molecular weight excluding hydrogens is 295 g/mol. The molecule has 1 saturated heterocycles. The molecule has 1 atom stereocenters. The highest BCUT2D eigenvalue weighted by molar-refractivity contribution is 5.83. The van der Waals surface area contributed by atoms with Crippen molar-refractivity contribution in [3.8, 4) is 0 Å². The largest absolute Gasteiger partial charge is 0.347 e. The zero-order valence-electron chi connectivity index (χ0n) is 13.0. The van der Waals surface area contributed by atoms with Crippen LogP contribution in [0.15, 0.2) is 36.7 Å². The zero-order chi connectivity index (χ0) is 16.1. The van der Waals surface area contributed by atoms with Crippen molar-refractivity contribution >= 4 is 5.91 Å². The van der Waals surface area contributed by atoms with Crippen LogP contribution in [0.5, 0.6) is 0 Å². The minimum atomic E-state index is -0.383. The molecule has 5 nitrogen and oxygen atoms in total. The van der Waals surface area contributed by atoms with Crippen LogP contribution in [0.2, 0.25) is 0 Å². The molecule has 0 saturated carbocycles. The second-order valence-electron chi connectivity index (χ2n) is 5.80. The van der Waals surface area contributed by atoms with Crippen molar-refractivity contribution in [1.82, 2.24) is 20.2 Å². The van der Waals surface area contributed by atoms with Crippen LogP contribution in [0, 0.1) is 5.82 Å². The molecule has 0 bridgehead atoms. The van der Waals surface area contributed by atoms with E-state index in [0.717, 1.165) is 37.3 Å². The predicted octanol–water partition coefficient (Wildman–Crippen LogP) is 2.39. The highest BCUT2D eigenvalue weighted by atomic mass is 19.1. The number of nitrogens with zero attached hydrogens (tertiary/aromatic N) is 2. The van der Waals surface area contributed by atoms with Crippen molar-refractivity contribution in [2.75, 3.05) is 13.1 Å². The molecular formula is C17H21FN4O. The Kier molecular flexibility index (Phi) is 5.02. The lowest BCUT2D eigenvalue weighted by molar-refractivity contribution is -0.127. The lowest BCUT2D eigenvalue weighted by atomic mass is 10.0. The highest BCUT2D eigenvalue weighted by Gasteiger charge is 2.28. The lowest BCUT2D eigenvalue weighted by Gasteiger charge is -2.33. The average Bonchev–Trinajstić information content (AvgIpc) is 3.09. The third-order valence-electron chi connectivity index (χ3n) is 4.17. The number of benzene rings is 1. The molecule has 3 rings (SSSR count). The number of carbonyl (C=O) groups is 1. The van der Waals surface area contributed by atoms with Gasteiger partial charge in [-0.3, -0.25) is 9.69 Å². The summed E-state index contributed by atoms with van der Waals surface area (Å²) >= 11 is 0. The molecule has 2 N–H and O–H groups in total. The summed E-state index contributed by atoms with van der Waals surface area (Å²) in [5, 5.41) is 2.93. The molecule has 0 radical (unpaired) electrons. The molecule has 1 amide bonds. The number of hydrogen-bond donors (Lipinski definition) is 2. The highest BCUT2D eigenvalue weighted by Crippen LogP contribution is 2.25. The smallest absolute Gasteiger partial charge is 0.242 e. The number of amides is 1. The van der Waals surface area contributed by atoms with Crippen LogP contribution in [0.25, 0.3) is 0 Å². The normalized spacial score (nSPS) is 16.9. The Balaban J connectivity index is 1.75. The van der Waals surface area contributed by atoms with Gasteiger partial charge in [-0.1, -0.05) is 18.6 Å². The molecule has 0 aliphatic carbocycles. The van der Waals surface area contributed by atoms with Gasteiger partial charge in [0, 0.05) is 12.4 Å². The van der Waals surface area contributed by atoms with Crippen LogP contribution in [-0.2, 0) is 11.3 Å². The number of likely N-dealkylation sites (tertiary alicyclic amines) is 1. The van der Waals surface area contributed by atoms with Gasteiger partial charge in [0.25, 0.3) is 0 Å². The molecule has 1 unspecified atom stereocenters. The fourth-order valence-electron chi connectivity index (χ4n) is 3.01. The topological polar surface area (TPSA) is 61.0 Å². The van der Waals surface area contributed by atoms with Crippen LogP contribution < -0.4 is 5.32 Å². The Morgan fingerprint density at radius 3 is 2.65 bits per heavy atom. The Morgan fingerprint density at radius 2 is 2.00 bits per heavy atom. The standard InChI is InChI=1S/C17H21FN4O/c18-14-6-4-13(5-7-14)16(22-10-2-1-3-11-22)17(23)21-12-15-19-8-9-20-15/h4-9,16H,1-3,10-12H2,(H,19,20)(H,21,23). The van der Waals surface area contributed by atoms with Crippen molar-refractivity contribution < 1.29 is 9.18 Å². The van der Waals surface area contributed by atoms with Gasteiger partial charge in [-0.05, 0) is 43.6 Å². The number of H-pyrrole nitrogens is 1. The predicted molar refractivity (Wildman–Crippen MR) is 85.0 cm³/mol. The van der Waals surface area contributed by atoms with Crippen LogP contribution in [0.4, 0.5) is 4.39 Å². The van der Waals surface area contributed by atoms with Crippen molar-refractivity contribution in [1.29, 1.82) is 0 Å². The molecule has 0 spiro atoms. The first-order valence-corrected chi connectivity index (χ1v) is 7.99. The van der Waals surface area contributed by atoms with E-state index in [1.54, 1.807) is 24.5 Å². The number of carbonyl (C=O) groups excluding carboxylic acids is 1. The van der Waals surface area contributed by atoms with Gasteiger partial charge in [0.1, 0.15) is 17.7 Å². The van der Waals surface area contributed by atoms with E-state index >= 15 is 0 Å². The summed E-state index contributed by atoms with van der Waals surface area (Å²) in [4.78, 5) is 22.0. The molecule has 23 heavy (non-hydrogen) atoms. The molecule has 1 aromatic heterocycles. The molecule has 2 heterocycles. The number of rotatable bonds is 5. The van der Waals surface area contributed by atoms with Crippen molar-refractivity contribution in [2.24, 2.45) is 0 Å². The summed E-state index contributed by atoms with van der Waals surface area (Å²) < 4.78 is 13.2. The molecule has 6 heteroatoms. The second kappa shape index (κ2) is 7.37. The summed E-state index contributed by atoms with van der Waals surface area (Å²) in [6.45, 7) is 2.13. The van der Waals surface area contributed by atoms with Gasteiger partial charge in [0.2, 0.25) is 5.91 Å². The summed E-state index contributed by atoms with van der Waals surface area (Å²) in [5.74, 6) is 0.354. The first kappa shape index (κ1) is 15.7. The summed E-state index contributed by atoms with van der Waals surface area (Å²) in [7, 11) is 0. The van der Waals surface area contributed by atoms with Crippen LogP contribution in [0.3, 0.4) is 0 Å². The van der Waals surface area contributed by atoms with E-state index in [1.165, 1.54) is 18.6 Å². The Bertz CT molecular complexity index is 621. The summed E-state index contributed by atoms with van der Waals surface area (Å²) in [6, 6.07) is 5.83. The maximum Gasteiger partial charge on any atom is 0.242 e. The van der Waals surface area contributed by atoms with Crippen LogP contribution >= 0.6 is 0 Å². The number of aromatic nitrogens is 2. The molecule has 1 aliphatic rings. The van der Waals surface area contributed by atoms with Crippen molar-refractivity contribution in [2.45, 2.75) is 31.8 Å². The fraction of sp³-hybridized carbons (Fsp3) is 0.412. The number of piperidine rings is 1. The molecule has 122 valence electrons. The zero-order valence-corrected chi connectivity index (χ0v) is 13.0. The van der Waals surface area contributed by atoms with E-state index < -0.39 is 0 Å². The SMILES string of the molecule is O=C(NCc1ncc[nH]1)C(c1ccc(F)cc1)N1CCCCC1. The fourth-order valence-corrected chi connectivity index (χ4v) is 3.01. The van der Waals surface area contributed by atoms with E-state index in [2.05, 4.69) is 20.2 Å². The second-order valence-corrected chi connectivity index (χ2v) is 5.80.